The van der Waals surface area contributed by atoms with Crippen LogP contribution in [0.25, 0.3) is 11.3 Å². The SMILES string of the molecule is C=CC(=O)Nc1ccc(N[C@H]2CC[C@@H](C(F)(F)F)CC2)c(-c2ccccn2)c1. The number of rotatable bonds is 5. The van der Waals surface area contributed by atoms with E-state index in [1.165, 1.54) is 6.08 Å². The van der Waals surface area contributed by atoms with Crippen molar-refractivity contribution in [2.45, 2.75) is 37.9 Å². The summed E-state index contributed by atoms with van der Waals surface area (Å²) in [6, 6.07) is 10.8. The molecule has 0 atom stereocenters. The van der Waals surface area contributed by atoms with Crippen LogP contribution in [-0.4, -0.2) is 23.1 Å². The zero-order valence-corrected chi connectivity index (χ0v) is 15.3. The lowest BCUT2D eigenvalue weighted by atomic mass is 9.85. The Morgan fingerprint density at radius 3 is 2.50 bits per heavy atom. The second-order valence-electron chi connectivity index (χ2n) is 6.90. The predicted octanol–water partition coefficient (Wildman–Crippen LogP) is 5.41. The lowest BCUT2D eigenvalue weighted by molar-refractivity contribution is -0.182. The third kappa shape index (κ3) is 4.91. The van der Waals surface area contributed by atoms with Gasteiger partial charge in [0.2, 0.25) is 5.91 Å². The van der Waals surface area contributed by atoms with Crippen molar-refractivity contribution in [1.29, 1.82) is 0 Å². The second-order valence-corrected chi connectivity index (χ2v) is 6.90. The highest BCUT2D eigenvalue weighted by molar-refractivity contribution is 5.99. The average molecular weight is 389 g/mol. The number of pyridine rings is 1. The largest absolute Gasteiger partial charge is 0.391 e. The lowest BCUT2D eigenvalue weighted by Gasteiger charge is -2.31. The van der Waals surface area contributed by atoms with Gasteiger partial charge >= 0.3 is 6.18 Å². The number of hydrogen-bond acceptors (Lipinski definition) is 3. The maximum absolute atomic E-state index is 12.9. The monoisotopic (exact) mass is 389 g/mol. The highest BCUT2D eigenvalue weighted by Gasteiger charge is 2.41. The Hall–Kier alpha value is -2.83. The fourth-order valence-corrected chi connectivity index (χ4v) is 3.46. The van der Waals surface area contributed by atoms with Crippen molar-refractivity contribution >= 4 is 17.3 Å². The molecular weight excluding hydrogens is 367 g/mol. The molecule has 1 heterocycles. The van der Waals surface area contributed by atoms with Gasteiger partial charge in [-0.3, -0.25) is 9.78 Å². The van der Waals surface area contributed by atoms with E-state index in [0.717, 1.165) is 11.3 Å². The number of benzene rings is 1. The van der Waals surface area contributed by atoms with Crippen molar-refractivity contribution in [1.82, 2.24) is 4.98 Å². The van der Waals surface area contributed by atoms with Crippen molar-refractivity contribution in [3.05, 3.63) is 55.3 Å². The van der Waals surface area contributed by atoms with Crippen LogP contribution in [0, 0.1) is 5.92 Å². The Bertz CT molecular complexity index is 829. The number of halogens is 3. The topological polar surface area (TPSA) is 54.0 Å². The molecule has 0 spiro atoms. The van der Waals surface area contributed by atoms with Crippen LogP contribution in [0.1, 0.15) is 25.7 Å². The van der Waals surface area contributed by atoms with Gasteiger partial charge in [0.05, 0.1) is 11.6 Å². The van der Waals surface area contributed by atoms with E-state index in [1.54, 1.807) is 24.4 Å². The highest BCUT2D eigenvalue weighted by Crippen LogP contribution is 2.39. The summed E-state index contributed by atoms with van der Waals surface area (Å²) in [5.41, 5.74) is 2.87. The molecule has 2 N–H and O–H groups in total. The quantitative estimate of drug-likeness (QED) is 0.673. The average Bonchev–Trinajstić information content (AvgIpc) is 2.69. The van der Waals surface area contributed by atoms with Gasteiger partial charge in [0, 0.05) is 29.2 Å². The first-order chi connectivity index (χ1) is 13.4. The number of nitrogens with zero attached hydrogens (tertiary/aromatic N) is 1. The molecule has 28 heavy (non-hydrogen) atoms. The van der Waals surface area contributed by atoms with Gasteiger partial charge in [0.1, 0.15) is 0 Å². The van der Waals surface area contributed by atoms with E-state index >= 15 is 0 Å². The molecule has 3 rings (SSSR count). The summed E-state index contributed by atoms with van der Waals surface area (Å²) < 4.78 is 38.7. The Balaban J connectivity index is 1.80. The van der Waals surface area contributed by atoms with Crippen LogP contribution in [0.15, 0.2) is 55.3 Å². The number of carbonyl (C=O) groups is 1. The molecule has 7 heteroatoms. The Morgan fingerprint density at radius 2 is 1.89 bits per heavy atom. The highest BCUT2D eigenvalue weighted by atomic mass is 19.4. The number of alkyl halides is 3. The van der Waals surface area contributed by atoms with E-state index in [2.05, 4.69) is 22.2 Å². The first-order valence-corrected chi connectivity index (χ1v) is 9.19. The van der Waals surface area contributed by atoms with Crippen molar-refractivity contribution in [2.24, 2.45) is 5.92 Å². The van der Waals surface area contributed by atoms with Crippen molar-refractivity contribution in [2.75, 3.05) is 10.6 Å². The number of hydrogen-bond donors (Lipinski definition) is 2. The predicted molar refractivity (Wildman–Crippen MR) is 104 cm³/mol. The molecule has 0 saturated heterocycles. The molecular formula is C21H22F3N3O. The smallest absolute Gasteiger partial charge is 0.382 e. The number of amides is 1. The summed E-state index contributed by atoms with van der Waals surface area (Å²) in [7, 11) is 0. The summed E-state index contributed by atoms with van der Waals surface area (Å²) in [6.45, 7) is 3.44. The molecule has 1 aromatic heterocycles. The second kappa shape index (κ2) is 8.46. The Kier molecular flexibility index (Phi) is 6.02. The molecule has 148 valence electrons. The summed E-state index contributed by atoms with van der Waals surface area (Å²) in [4.78, 5) is 16.0. The van der Waals surface area contributed by atoms with Crippen molar-refractivity contribution in [3.8, 4) is 11.3 Å². The first-order valence-electron chi connectivity index (χ1n) is 9.19. The summed E-state index contributed by atoms with van der Waals surface area (Å²) in [5, 5.41) is 6.09. The van der Waals surface area contributed by atoms with Gasteiger partial charge < -0.3 is 10.6 Å². The molecule has 4 nitrogen and oxygen atoms in total. The fourth-order valence-electron chi connectivity index (χ4n) is 3.46. The van der Waals surface area contributed by atoms with Crippen LogP contribution in [0.2, 0.25) is 0 Å². The van der Waals surface area contributed by atoms with Gasteiger partial charge in [-0.15, -0.1) is 0 Å². The zero-order valence-electron chi connectivity index (χ0n) is 15.3. The normalized spacial score (nSPS) is 19.7. The molecule has 1 aromatic carbocycles. The summed E-state index contributed by atoms with van der Waals surface area (Å²) in [6.07, 6.45) is -0.0772. The molecule has 2 aromatic rings. The van der Waals surface area contributed by atoms with Crippen LogP contribution in [0.4, 0.5) is 24.5 Å². The molecule has 0 radical (unpaired) electrons. The van der Waals surface area contributed by atoms with E-state index < -0.39 is 12.1 Å². The van der Waals surface area contributed by atoms with Crippen LogP contribution in [0.3, 0.4) is 0 Å². The molecule has 1 amide bonds. The van der Waals surface area contributed by atoms with Gasteiger partial charge in [0.15, 0.2) is 0 Å². The molecule has 1 saturated carbocycles. The minimum absolute atomic E-state index is 0.0327. The molecule has 0 aliphatic heterocycles. The summed E-state index contributed by atoms with van der Waals surface area (Å²) >= 11 is 0. The molecule has 1 aliphatic rings. The third-order valence-corrected chi connectivity index (χ3v) is 4.96. The molecule has 0 bridgehead atoms. The number of nitrogens with one attached hydrogen (secondary N) is 2. The van der Waals surface area contributed by atoms with Crippen molar-refractivity contribution < 1.29 is 18.0 Å². The van der Waals surface area contributed by atoms with Gasteiger partial charge in [-0.05, 0) is 62.1 Å². The van der Waals surface area contributed by atoms with E-state index in [0.29, 0.717) is 24.2 Å². The fraction of sp³-hybridized carbons (Fsp3) is 0.333. The number of carbonyl (C=O) groups excluding carboxylic acids is 1. The van der Waals surface area contributed by atoms with Gasteiger partial charge in [-0.1, -0.05) is 12.6 Å². The first kappa shape index (κ1) is 19.9. The minimum atomic E-state index is -4.12. The van der Waals surface area contributed by atoms with E-state index in [9.17, 15) is 18.0 Å². The van der Waals surface area contributed by atoms with Crippen LogP contribution in [0.5, 0.6) is 0 Å². The maximum atomic E-state index is 12.9. The standard InChI is InChI=1S/C21H22F3N3O/c1-2-20(28)27-16-10-11-19(17(13-16)18-5-3-4-12-25-18)26-15-8-6-14(7-9-15)21(22,23)24/h2-5,10-15,26H,1,6-9H2,(H,27,28)/t14-,15+. The van der Waals surface area contributed by atoms with Gasteiger partial charge in [-0.2, -0.15) is 13.2 Å². The maximum Gasteiger partial charge on any atom is 0.391 e. The molecule has 1 fully saturated rings. The van der Waals surface area contributed by atoms with Crippen LogP contribution in [-0.2, 0) is 4.79 Å². The van der Waals surface area contributed by atoms with Crippen molar-refractivity contribution in [3.63, 3.8) is 0 Å². The number of aromatic nitrogens is 1. The van der Waals surface area contributed by atoms with Crippen LogP contribution >= 0.6 is 0 Å². The lowest BCUT2D eigenvalue weighted by Crippen LogP contribution is -2.32. The third-order valence-electron chi connectivity index (χ3n) is 4.96. The van der Waals surface area contributed by atoms with Crippen LogP contribution < -0.4 is 10.6 Å². The Labute approximate surface area is 161 Å². The molecule has 0 unspecified atom stereocenters. The Morgan fingerprint density at radius 1 is 1.14 bits per heavy atom. The molecule has 1 aliphatic carbocycles. The van der Waals surface area contributed by atoms with E-state index in [-0.39, 0.29) is 24.8 Å². The van der Waals surface area contributed by atoms with E-state index in [1.807, 2.05) is 18.2 Å². The van der Waals surface area contributed by atoms with Gasteiger partial charge in [-0.25, -0.2) is 0 Å². The van der Waals surface area contributed by atoms with Gasteiger partial charge in [0.25, 0.3) is 0 Å². The number of anilines is 2. The van der Waals surface area contributed by atoms with E-state index in [4.69, 9.17) is 0 Å². The zero-order chi connectivity index (χ0) is 20.1. The minimum Gasteiger partial charge on any atom is -0.382 e. The summed E-state index contributed by atoms with van der Waals surface area (Å²) in [5.74, 6) is -1.53.